The van der Waals surface area contributed by atoms with Gasteiger partial charge in [0, 0.05) is 24.9 Å². The topological polar surface area (TPSA) is 93.1 Å². The molecule has 122 valence electrons. The Morgan fingerprint density at radius 2 is 2.09 bits per heavy atom. The number of hydrogen-bond donors (Lipinski definition) is 2. The highest BCUT2D eigenvalue weighted by molar-refractivity contribution is 7.90. The van der Waals surface area contributed by atoms with Crippen LogP contribution in [0.1, 0.15) is 21.7 Å². The van der Waals surface area contributed by atoms with Gasteiger partial charge >= 0.3 is 0 Å². The van der Waals surface area contributed by atoms with Crippen LogP contribution in [0.3, 0.4) is 0 Å². The van der Waals surface area contributed by atoms with E-state index in [2.05, 4.69) is 15.7 Å². The second kappa shape index (κ2) is 6.13. The molecule has 0 bridgehead atoms. The van der Waals surface area contributed by atoms with Gasteiger partial charge in [0.25, 0.3) is 5.91 Å². The lowest BCUT2D eigenvalue weighted by molar-refractivity contribution is 0.0950. The number of nitrogens with one attached hydrogen (secondary N) is 2. The normalized spacial score (nSPS) is 14.3. The van der Waals surface area contributed by atoms with E-state index in [1.165, 1.54) is 24.3 Å². The maximum absolute atomic E-state index is 12.1. The number of carbonyl (C=O) groups excluding carboxylic acids is 1. The number of carbonyl (C=O) groups is 1. The van der Waals surface area contributed by atoms with E-state index in [4.69, 9.17) is 0 Å². The molecule has 8 heteroatoms. The van der Waals surface area contributed by atoms with Gasteiger partial charge < -0.3 is 10.6 Å². The quantitative estimate of drug-likeness (QED) is 0.840. The molecule has 0 aliphatic carbocycles. The Hall–Kier alpha value is -2.19. The van der Waals surface area contributed by atoms with Crippen LogP contribution in [0.5, 0.6) is 0 Å². The number of rotatable bonds is 4. The first-order chi connectivity index (χ1) is 10.9. The van der Waals surface area contributed by atoms with Crippen LogP contribution in [0.2, 0.25) is 0 Å². The van der Waals surface area contributed by atoms with Gasteiger partial charge in [-0.1, -0.05) is 0 Å². The van der Waals surface area contributed by atoms with Crippen molar-refractivity contribution in [3.63, 3.8) is 0 Å². The Morgan fingerprint density at radius 3 is 2.74 bits per heavy atom. The van der Waals surface area contributed by atoms with Crippen LogP contribution in [-0.4, -0.2) is 36.9 Å². The summed E-state index contributed by atoms with van der Waals surface area (Å²) in [4.78, 5) is 12.3. The molecule has 2 heterocycles. The van der Waals surface area contributed by atoms with Crippen molar-refractivity contribution in [3.8, 4) is 0 Å². The first kappa shape index (κ1) is 15.7. The average molecular weight is 334 g/mol. The highest BCUT2D eigenvalue weighted by atomic mass is 32.2. The first-order valence-electron chi connectivity index (χ1n) is 7.28. The lowest BCUT2D eigenvalue weighted by atomic mass is 10.2. The highest BCUT2D eigenvalue weighted by Crippen LogP contribution is 2.11. The lowest BCUT2D eigenvalue weighted by Crippen LogP contribution is -2.28. The van der Waals surface area contributed by atoms with Gasteiger partial charge in [0.05, 0.1) is 29.4 Å². The van der Waals surface area contributed by atoms with Crippen LogP contribution in [0.25, 0.3) is 0 Å². The summed E-state index contributed by atoms with van der Waals surface area (Å²) in [7, 11) is -3.25. The number of sulfone groups is 1. The first-order valence-corrected chi connectivity index (χ1v) is 9.17. The zero-order chi connectivity index (χ0) is 16.4. The van der Waals surface area contributed by atoms with Gasteiger partial charge in [-0.3, -0.25) is 9.48 Å². The Labute approximate surface area is 134 Å². The number of nitrogens with zero attached hydrogens (tertiary/aromatic N) is 2. The molecule has 2 N–H and O–H groups in total. The van der Waals surface area contributed by atoms with Crippen LogP contribution in [0, 0.1) is 0 Å². The summed E-state index contributed by atoms with van der Waals surface area (Å²) >= 11 is 0. The van der Waals surface area contributed by atoms with E-state index in [0.29, 0.717) is 12.1 Å². The van der Waals surface area contributed by atoms with E-state index in [1.807, 2.05) is 10.7 Å². The lowest BCUT2D eigenvalue weighted by Gasteiger charge is -2.13. The number of benzene rings is 1. The molecule has 0 atom stereocenters. The summed E-state index contributed by atoms with van der Waals surface area (Å²) < 4.78 is 24.8. The Morgan fingerprint density at radius 1 is 1.35 bits per heavy atom. The molecule has 1 aliphatic rings. The summed E-state index contributed by atoms with van der Waals surface area (Å²) in [5.74, 6) is -0.255. The molecule has 0 fully saturated rings. The SMILES string of the molecule is CS(=O)(=O)c1ccc(C(=O)NCc2cc3n(n2)CCNC3)cc1. The van der Waals surface area contributed by atoms with Gasteiger partial charge in [0.15, 0.2) is 9.84 Å². The fourth-order valence-corrected chi connectivity index (χ4v) is 3.10. The molecule has 1 aromatic carbocycles. The average Bonchev–Trinajstić information content (AvgIpc) is 2.95. The molecule has 0 unspecified atom stereocenters. The van der Waals surface area contributed by atoms with E-state index >= 15 is 0 Å². The van der Waals surface area contributed by atoms with Crippen LogP contribution in [0.4, 0.5) is 0 Å². The third-order valence-corrected chi connectivity index (χ3v) is 4.82. The summed E-state index contributed by atoms with van der Waals surface area (Å²) in [5, 5.41) is 10.5. The van der Waals surface area contributed by atoms with Crippen molar-refractivity contribution < 1.29 is 13.2 Å². The van der Waals surface area contributed by atoms with Crippen LogP contribution in [-0.2, 0) is 29.5 Å². The van der Waals surface area contributed by atoms with Gasteiger partial charge in [0.1, 0.15) is 0 Å². The predicted molar refractivity (Wildman–Crippen MR) is 84.7 cm³/mol. The molecular formula is C15H18N4O3S. The Balaban J connectivity index is 1.64. The smallest absolute Gasteiger partial charge is 0.251 e. The van der Waals surface area contributed by atoms with Gasteiger partial charge in [0.2, 0.25) is 0 Å². The molecule has 0 radical (unpaired) electrons. The zero-order valence-electron chi connectivity index (χ0n) is 12.7. The maximum Gasteiger partial charge on any atom is 0.251 e. The fourth-order valence-electron chi connectivity index (χ4n) is 2.47. The van der Waals surface area contributed by atoms with Crippen LogP contribution >= 0.6 is 0 Å². The van der Waals surface area contributed by atoms with Crippen molar-refractivity contribution in [1.82, 2.24) is 20.4 Å². The van der Waals surface area contributed by atoms with Crippen LogP contribution in [0.15, 0.2) is 35.2 Å². The number of amides is 1. The molecule has 23 heavy (non-hydrogen) atoms. The fraction of sp³-hybridized carbons (Fsp3) is 0.333. The monoisotopic (exact) mass is 334 g/mol. The molecule has 2 aromatic rings. The molecular weight excluding hydrogens is 316 g/mol. The van der Waals surface area contributed by atoms with Crippen molar-refractivity contribution in [1.29, 1.82) is 0 Å². The van der Waals surface area contributed by atoms with Crippen molar-refractivity contribution in [3.05, 3.63) is 47.3 Å². The van der Waals surface area contributed by atoms with E-state index in [9.17, 15) is 13.2 Å². The van der Waals surface area contributed by atoms with Crippen molar-refractivity contribution in [2.75, 3.05) is 12.8 Å². The highest BCUT2D eigenvalue weighted by Gasteiger charge is 2.13. The molecule has 0 spiro atoms. The standard InChI is InChI=1S/C15H18N4O3S/c1-23(21,22)14-4-2-11(3-5-14)15(20)17-9-12-8-13-10-16-6-7-19(13)18-12/h2-5,8,16H,6-7,9-10H2,1H3,(H,17,20). The van der Waals surface area contributed by atoms with E-state index in [0.717, 1.165) is 37.3 Å². The van der Waals surface area contributed by atoms with Crippen molar-refractivity contribution in [2.45, 2.75) is 24.5 Å². The maximum atomic E-state index is 12.1. The van der Waals surface area contributed by atoms with Crippen LogP contribution < -0.4 is 10.6 Å². The largest absolute Gasteiger partial charge is 0.346 e. The molecule has 1 amide bonds. The van der Waals surface area contributed by atoms with Gasteiger partial charge in [-0.15, -0.1) is 0 Å². The van der Waals surface area contributed by atoms with Gasteiger partial charge in [-0.25, -0.2) is 8.42 Å². The molecule has 0 saturated carbocycles. The Kier molecular flexibility index (Phi) is 4.18. The predicted octanol–water partition coefficient (Wildman–Crippen LogP) is 0.320. The third-order valence-electron chi connectivity index (χ3n) is 3.70. The van der Waals surface area contributed by atoms with Gasteiger partial charge in [-0.05, 0) is 30.3 Å². The number of fused-ring (bicyclic) bond motifs is 1. The zero-order valence-corrected chi connectivity index (χ0v) is 13.6. The van der Waals surface area contributed by atoms with E-state index in [1.54, 1.807) is 0 Å². The molecule has 1 aliphatic heterocycles. The summed E-state index contributed by atoms with van der Waals surface area (Å²) in [6.07, 6.45) is 1.14. The summed E-state index contributed by atoms with van der Waals surface area (Å²) in [5.41, 5.74) is 2.34. The van der Waals surface area contributed by atoms with E-state index < -0.39 is 9.84 Å². The second-order valence-corrected chi connectivity index (χ2v) is 7.52. The number of aromatic nitrogens is 2. The summed E-state index contributed by atoms with van der Waals surface area (Å²) in [6, 6.07) is 7.86. The molecule has 3 rings (SSSR count). The minimum atomic E-state index is -3.25. The van der Waals surface area contributed by atoms with Crippen molar-refractivity contribution >= 4 is 15.7 Å². The molecule has 7 nitrogen and oxygen atoms in total. The summed E-state index contributed by atoms with van der Waals surface area (Å²) in [6.45, 7) is 2.85. The minimum absolute atomic E-state index is 0.198. The van der Waals surface area contributed by atoms with E-state index in [-0.39, 0.29) is 10.8 Å². The van der Waals surface area contributed by atoms with Crippen molar-refractivity contribution in [2.24, 2.45) is 0 Å². The molecule has 1 aromatic heterocycles. The van der Waals surface area contributed by atoms with Gasteiger partial charge in [-0.2, -0.15) is 5.10 Å². The second-order valence-electron chi connectivity index (χ2n) is 5.51. The molecule has 0 saturated heterocycles. The minimum Gasteiger partial charge on any atom is -0.346 e. The number of hydrogen-bond acceptors (Lipinski definition) is 5. The Bertz CT molecular complexity index is 801. The third kappa shape index (κ3) is 3.59.